The van der Waals surface area contributed by atoms with Crippen LogP contribution in [0.1, 0.15) is 5.56 Å². The molecule has 0 saturated heterocycles. The number of pyridine rings is 1. The molecule has 0 saturated carbocycles. The van der Waals surface area contributed by atoms with Crippen LogP contribution in [-0.2, 0) is 8.59 Å². The van der Waals surface area contributed by atoms with Gasteiger partial charge in [0.15, 0.2) is 6.61 Å². The van der Waals surface area contributed by atoms with E-state index in [4.69, 9.17) is 62.7 Å². The van der Waals surface area contributed by atoms with Gasteiger partial charge in [-0.05, 0) is 18.2 Å². The average molecular weight is 415 g/mol. The minimum atomic E-state index is -1.83. The fraction of sp³-hybridized carbons (Fsp3) is 0.143. The number of alkyl halides is 3. The summed E-state index contributed by atoms with van der Waals surface area (Å²) >= 11 is 29.6. The van der Waals surface area contributed by atoms with Crippen LogP contribution in [0.5, 0.6) is 5.88 Å². The highest BCUT2D eigenvalue weighted by molar-refractivity contribution is 6.67. The Bertz CT molecular complexity index is 704. The lowest BCUT2D eigenvalue weighted by atomic mass is 10.2. The normalized spacial score (nSPS) is 11.2. The average Bonchev–Trinajstić information content (AvgIpc) is 2.44. The van der Waals surface area contributed by atoms with Crippen LogP contribution < -0.4 is 10.1 Å². The van der Waals surface area contributed by atoms with E-state index in [-0.39, 0.29) is 27.9 Å². The van der Waals surface area contributed by atoms with Crippen LogP contribution in [0.15, 0.2) is 36.5 Å². The first-order valence-electron chi connectivity index (χ1n) is 6.17. The molecule has 122 valence electrons. The number of benzene rings is 1. The van der Waals surface area contributed by atoms with Gasteiger partial charge in [0, 0.05) is 22.8 Å². The zero-order valence-electron chi connectivity index (χ0n) is 11.3. The van der Waals surface area contributed by atoms with Crippen molar-refractivity contribution in [1.82, 2.24) is 4.98 Å². The van der Waals surface area contributed by atoms with E-state index in [1.165, 1.54) is 12.1 Å². The molecular weight excluding hydrogens is 405 g/mol. The van der Waals surface area contributed by atoms with Gasteiger partial charge in [-0.3, -0.25) is 4.79 Å². The van der Waals surface area contributed by atoms with E-state index < -0.39 is 9.70 Å². The summed E-state index contributed by atoms with van der Waals surface area (Å²) in [5, 5.41) is 2.96. The molecule has 1 aromatic heterocycles. The number of aromatic nitrogens is 1. The van der Waals surface area contributed by atoms with Crippen molar-refractivity contribution in [2.24, 2.45) is 0 Å². The van der Waals surface area contributed by atoms with Gasteiger partial charge in [-0.1, -0.05) is 64.1 Å². The Hall–Kier alpha value is -0.910. The molecule has 0 unspecified atom stereocenters. The minimum Gasteiger partial charge on any atom is -0.468 e. The smallest absolute Gasteiger partial charge is 0.262 e. The van der Waals surface area contributed by atoms with Gasteiger partial charge >= 0.3 is 0 Å². The molecule has 2 rings (SSSR count). The Morgan fingerprint density at radius 1 is 1.22 bits per heavy atom. The van der Waals surface area contributed by atoms with E-state index in [0.717, 1.165) is 0 Å². The second-order valence-corrected chi connectivity index (χ2v) is 7.44. The summed E-state index contributed by atoms with van der Waals surface area (Å²) in [6.07, 6.45) is 1.55. The molecule has 1 N–H and O–H groups in total. The number of hydrogen-bond donors (Lipinski definition) is 1. The van der Waals surface area contributed by atoms with Crippen molar-refractivity contribution in [2.75, 3.05) is 11.9 Å². The molecule has 0 radical (unpaired) electrons. The van der Waals surface area contributed by atoms with Gasteiger partial charge in [-0.15, -0.1) is 0 Å². The zero-order valence-corrected chi connectivity index (χ0v) is 15.1. The number of rotatable bonds is 4. The third-order valence-corrected chi connectivity index (χ3v) is 3.68. The summed E-state index contributed by atoms with van der Waals surface area (Å²) in [6.45, 7) is -0.277. The minimum absolute atomic E-state index is 0.124. The lowest BCUT2D eigenvalue weighted by molar-refractivity contribution is -0.118. The Kier molecular flexibility index (Phi) is 6.23. The lowest BCUT2D eigenvalue weighted by Gasteiger charge is -2.19. The lowest BCUT2D eigenvalue weighted by Crippen LogP contribution is -2.22. The molecular formula is C14H9Cl5N2O2. The molecule has 23 heavy (non-hydrogen) atoms. The van der Waals surface area contributed by atoms with Crippen LogP contribution in [0, 0.1) is 0 Å². The van der Waals surface area contributed by atoms with Crippen LogP contribution in [0.3, 0.4) is 0 Å². The fourth-order valence-corrected chi connectivity index (χ4v) is 3.11. The Morgan fingerprint density at radius 3 is 2.57 bits per heavy atom. The molecule has 0 aliphatic heterocycles. The molecule has 1 amide bonds. The van der Waals surface area contributed by atoms with Crippen molar-refractivity contribution in [2.45, 2.75) is 3.79 Å². The van der Waals surface area contributed by atoms with Crippen molar-refractivity contribution in [1.29, 1.82) is 0 Å². The summed E-state index contributed by atoms with van der Waals surface area (Å²) in [7, 11) is 0. The van der Waals surface area contributed by atoms with Crippen LogP contribution in [-0.4, -0.2) is 17.5 Å². The summed E-state index contributed by atoms with van der Waals surface area (Å²) in [5.74, 6) is -0.169. The molecule has 1 heterocycles. The third kappa shape index (κ3) is 5.30. The Balaban J connectivity index is 2.14. The molecule has 1 aromatic carbocycles. The standard InChI is InChI=1S/C14H9Cl5N2O2/c15-8-5-9(16)13(14(17,18)19)10(6-8)21-11(22)7-23-12-3-1-2-4-20-12/h1-6H,7H2,(H,21,22). The molecule has 0 bridgehead atoms. The number of amides is 1. The highest BCUT2D eigenvalue weighted by Crippen LogP contribution is 2.46. The van der Waals surface area contributed by atoms with E-state index in [1.54, 1.807) is 24.4 Å². The molecule has 9 heteroatoms. The number of carbonyl (C=O) groups is 1. The molecule has 0 fully saturated rings. The summed E-state index contributed by atoms with van der Waals surface area (Å²) in [4.78, 5) is 15.9. The number of anilines is 1. The van der Waals surface area contributed by atoms with Gasteiger partial charge < -0.3 is 10.1 Å². The summed E-state index contributed by atoms with van der Waals surface area (Å²) in [6, 6.07) is 7.94. The molecule has 0 aliphatic carbocycles. The molecule has 4 nitrogen and oxygen atoms in total. The first-order chi connectivity index (χ1) is 10.8. The largest absolute Gasteiger partial charge is 0.468 e. The number of halogens is 5. The van der Waals surface area contributed by atoms with Crippen LogP contribution in [0.2, 0.25) is 10.0 Å². The number of nitrogens with one attached hydrogen (secondary N) is 1. The molecule has 2 aromatic rings. The third-order valence-electron chi connectivity index (χ3n) is 2.60. The quantitative estimate of drug-likeness (QED) is 0.697. The van der Waals surface area contributed by atoms with E-state index in [0.29, 0.717) is 5.88 Å². The maximum Gasteiger partial charge on any atom is 0.262 e. The van der Waals surface area contributed by atoms with Crippen LogP contribution in [0.25, 0.3) is 0 Å². The zero-order chi connectivity index (χ0) is 17.0. The van der Waals surface area contributed by atoms with Crippen molar-refractivity contribution in [3.8, 4) is 5.88 Å². The second-order valence-electron chi connectivity index (χ2n) is 4.31. The summed E-state index contributed by atoms with van der Waals surface area (Å²) in [5.41, 5.74) is 0.317. The predicted octanol–water partition coefficient (Wildman–Crippen LogP) is 5.23. The topological polar surface area (TPSA) is 51.2 Å². The number of carbonyl (C=O) groups excluding carboxylic acids is 1. The molecule has 0 atom stereocenters. The van der Waals surface area contributed by atoms with Crippen molar-refractivity contribution < 1.29 is 9.53 Å². The van der Waals surface area contributed by atoms with Gasteiger partial charge in [-0.2, -0.15) is 0 Å². The van der Waals surface area contributed by atoms with Gasteiger partial charge in [0.2, 0.25) is 9.67 Å². The van der Waals surface area contributed by atoms with E-state index in [2.05, 4.69) is 10.3 Å². The van der Waals surface area contributed by atoms with Crippen LogP contribution in [0.4, 0.5) is 5.69 Å². The van der Waals surface area contributed by atoms with E-state index >= 15 is 0 Å². The maximum atomic E-state index is 12.0. The predicted molar refractivity (Wildman–Crippen MR) is 94.1 cm³/mol. The number of nitrogens with zero attached hydrogens (tertiary/aromatic N) is 1. The van der Waals surface area contributed by atoms with Gasteiger partial charge in [0.1, 0.15) is 0 Å². The SMILES string of the molecule is O=C(COc1ccccn1)Nc1cc(Cl)cc(Cl)c1C(Cl)(Cl)Cl. The monoisotopic (exact) mass is 412 g/mol. The first kappa shape index (κ1) is 18.4. The number of hydrogen-bond acceptors (Lipinski definition) is 3. The fourth-order valence-electron chi connectivity index (χ4n) is 1.72. The number of ether oxygens (including phenoxy) is 1. The highest BCUT2D eigenvalue weighted by Gasteiger charge is 2.30. The highest BCUT2D eigenvalue weighted by atomic mass is 35.6. The van der Waals surface area contributed by atoms with Gasteiger partial charge in [0.05, 0.1) is 10.7 Å². The van der Waals surface area contributed by atoms with Gasteiger partial charge in [-0.25, -0.2) is 4.98 Å². The first-order valence-corrected chi connectivity index (χ1v) is 8.06. The van der Waals surface area contributed by atoms with E-state index in [9.17, 15) is 4.79 Å². The maximum absolute atomic E-state index is 12.0. The Morgan fingerprint density at radius 2 is 1.96 bits per heavy atom. The van der Waals surface area contributed by atoms with Crippen LogP contribution >= 0.6 is 58.0 Å². The molecule has 0 aliphatic rings. The summed E-state index contributed by atoms with van der Waals surface area (Å²) < 4.78 is 3.41. The van der Waals surface area contributed by atoms with Crippen molar-refractivity contribution in [3.63, 3.8) is 0 Å². The second kappa shape index (κ2) is 7.77. The van der Waals surface area contributed by atoms with Crippen molar-refractivity contribution in [3.05, 3.63) is 52.1 Å². The van der Waals surface area contributed by atoms with Crippen molar-refractivity contribution >= 4 is 69.6 Å². The van der Waals surface area contributed by atoms with Gasteiger partial charge in [0.25, 0.3) is 5.91 Å². The molecule has 0 spiro atoms. The van der Waals surface area contributed by atoms with E-state index in [1.807, 2.05) is 0 Å². The Labute approximate surface area is 157 Å².